The standard InChI is InChI=1S/C14H20N2S/c15-9-12-5-3-7-16(12)10-13-8-11-4-1-2-6-14(11)17-13/h1-2,4,6,12-13H,3,5,7-10,15H2. The SMILES string of the molecule is NCC1CCCN1CC1Cc2ccccc2S1. The van der Waals surface area contributed by atoms with Crippen molar-refractivity contribution in [2.24, 2.45) is 5.73 Å². The molecule has 0 radical (unpaired) electrons. The van der Waals surface area contributed by atoms with Crippen LogP contribution in [0.1, 0.15) is 18.4 Å². The molecule has 17 heavy (non-hydrogen) atoms. The van der Waals surface area contributed by atoms with Crippen molar-refractivity contribution < 1.29 is 0 Å². The Morgan fingerprint density at radius 3 is 3.06 bits per heavy atom. The zero-order chi connectivity index (χ0) is 11.7. The second-order valence-corrected chi connectivity index (χ2v) is 6.42. The van der Waals surface area contributed by atoms with E-state index in [9.17, 15) is 0 Å². The third-order valence-corrected chi connectivity index (χ3v) is 5.22. The highest BCUT2D eigenvalue weighted by Crippen LogP contribution is 2.37. The van der Waals surface area contributed by atoms with Gasteiger partial charge in [0.1, 0.15) is 0 Å². The summed E-state index contributed by atoms with van der Waals surface area (Å²) in [5.41, 5.74) is 7.37. The molecule has 2 aliphatic rings. The van der Waals surface area contributed by atoms with E-state index in [4.69, 9.17) is 5.73 Å². The van der Waals surface area contributed by atoms with Crippen LogP contribution in [0, 0.1) is 0 Å². The second kappa shape index (κ2) is 5.01. The van der Waals surface area contributed by atoms with Crippen molar-refractivity contribution >= 4 is 11.8 Å². The maximum atomic E-state index is 5.83. The summed E-state index contributed by atoms with van der Waals surface area (Å²) < 4.78 is 0. The lowest BCUT2D eigenvalue weighted by atomic mass is 10.1. The van der Waals surface area contributed by atoms with E-state index in [1.165, 1.54) is 42.8 Å². The van der Waals surface area contributed by atoms with Crippen molar-refractivity contribution in [2.45, 2.75) is 35.4 Å². The molecule has 2 atom stereocenters. The molecule has 2 heterocycles. The van der Waals surface area contributed by atoms with Gasteiger partial charge in [-0.05, 0) is 37.4 Å². The lowest BCUT2D eigenvalue weighted by molar-refractivity contribution is 0.260. The fourth-order valence-corrected chi connectivity index (χ4v) is 4.37. The Morgan fingerprint density at radius 1 is 1.35 bits per heavy atom. The van der Waals surface area contributed by atoms with Crippen LogP contribution in [0.15, 0.2) is 29.2 Å². The van der Waals surface area contributed by atoms with Crippen LogP contribution in [0.3, 0.4) is 0 Å². The average molecular weight is 248 g/mol. The third-order valence-electron chi connectivity index (χ3n) is 3.92. The minimum Gasteiger partial charge on any atom is -0.329 e. The van der Waals surface area contributed by atoms with E-state index in [0.29, 0.717) is 6.04 Å². The van der Waals surface area contributed by atoms with Gasteiger partial charge >= 0.3 is 0 Å². The van der Waals surface area contributed by atoms with Crippen LogP contribution in [0.2, 0.25) is 0 Å². The molecule has 1 aromatic carbocycles. The number of nitrogens with two attached hydrogens (primary N) is 1. The van der Waals surface area contributed by atoms with E-state index in [1.54, 1.807) is 0 Å². The third kappa shape index (κ3) is 2.37. The monoisotopic (exact) mass is 248 g/mol. The summed E-state index contributed by atoms with van der Waals surface area (Å²) in [4.78, 5) is 4.09. The molecular weight excluding hydrogens is 228 g/mol. The number of hydrogen-bond acceptors (Lipinski definition) is 3. The molecule has 1 aromatic rings. The van der Waals surface area contributed by atoms with E-state index in [1.807, 2.05) is 0 Å². The number of nitrogens with zero attached hydrogens (tertiary/aromatic N) is 1. The number of likely N-dealkylation sites (tertiary alicyclic amines) is 1. The average Bonchev–Trinajstić information content (AvgIpc) is 2.94. The Kier molecular flexibility index (Phi) is 3.41. The van der Waals surface area contributed by atoms with Crippen molar-refractivity contribution in [3.05, 3.63) is 29.8 Å². The summed E-state index contributed by atoms with van der Waals surface area (Å²) in [6.45, 7) is 3.28. The summed E-state index contributed by atoms with van der Waals surface area (Å²) in [6.07, 6.45) is 3.85. The fraction of sp³-hybridized carbons (Fsp3) is 0.571. The Labute approximate surface area is 108 Å². The van der Waals surface area contributed by atoms with Crippen LogP contribution < -0.4 is 5.73 Å². The van der Waals surface area contributed by atoms with Crippen molar-refractivity contribution in [3.8, 4) is 0 Å². The molecule has 0 amide bonds. The smallest absolute Gasteiger partial charge is 0.0263 e. The highest BCUT2D eigenvalue weighted by molar-refractivity contribution is 8.00. The van der Waals surface area contributed by atoms with E-state index in [2.05, 4.69) is 40.9 Å². The van der Waals surface area contributed by atoms with Gasteiger partial charge in [-0.25, -0.2) is 0 Å². The molecule has 0 spiro atoms. The van der Waals surface area contributed by atoms with Crippen molar-refractivity contribution in [1.29, 1.82) is 0 Å². The summed E-state index contributed by atoms with van der Waals surface area (Å²) in [5, 5.41) is 0.736. The summed E-state index contributed by atoms with van der Waals surface area (Å²) in [6, 6.07) is 9.46. The Hall–Kier alpha value is -0.510. The zero-order valence-electron chi connectivity index (χ0n) is 10.1. The van der Waals surface area contributed by atoms with Gasteiger partial charge in [0.25, 0.3) is 0 Å². The van der Waals surface area contributed by atoms with Crippen LogP contribution in [0.25, 0.3) is 0 Å². The highest BCUT2D eigenvalue weighted by Gasteiger charge is 2.29. The van der Waals surface area contributed by atoms with Gasteiger partial charge in [0.15, 0.2) is 0 Å². The Bertz CT molecular complexity index is 369. The van der Waals surface area contributed by atoms with Gasteiger partial charge in [-0.2, -0.15) is 0 Å². The van der Waals surface area contributed by atoms with E-state index in [-0.39, 0.29) is 0 Å². The lowest BCUT2D eigenvalue weighted by Gasteiger charge is -2.25. The van der Waals surface area contributed by atoms with Crippen LogP contribution in [0.5, 0.6) is 0 Å². The first-order valence-electron chi connectivity index (χ1n) is 6.55. The normalized spacial score (nSPS) is 28.5. The number of fused-ring (bicyclic) bond motifs is 1. The van der Waals surface area contributed by atoms with E-state index >= 15 is 0 Å². The highest BCUT2D eigenvalue weighted by atomic mass is 32.2. The van der Waals surface area contributed by atoms with Crippen molar-refractivity contribution in [3.63, 3.8) is 0 Å². The van der Waals surface area contributed by atoms with Crippen LogP contribution >= 0.6 is 11.8 Å². The molecule has 0 saturated carbocycles. The molecular formula is C14H20N2S. The summed E-state index contributed by atoms with van der Waals surface area (Å²) >= 11 is 2.05. The number of benzene rings is 1. The van der Waals surface area contributed by atoms with Crippen LogP contribution in [0.4, 0.5) is 0 Å². The Morgan fingerprint density at radius 2 is 2.24 bits per heavy atom. The molecule has 2 N–H and O–H groups in total. The Balaban J connectivity index is 1.62. The number of hydrogen-bond donors (Lipinski definition) is 1. The van der Waals surface area contributed by atoms with Gasteiger partial charge < -0.3 is 5.73 Å². The topological polar surface area (TPSA) is 29.3 Å². The van der Waals surface area contributed by atoms with Crippen molar-refractivity contribution in [2.75, 3.05) is 19.6 Å². The molecule has 92 valence electrons. The zero-order valence-corrected chi connectivity index (χ0v) is 11.0. The maximum absolute atomic E-state index is 5.83. The first-order valence-corrected chi connectivity index (χ1v) is 7.43. The molecule has 0 bridgehead atoms. The molecule has 2 nitrogen and oxygen atoms in total. The summed E-state index contributed by atoms with van der Waals surface area (Å²) in [7, 11) is 0. The molecule has 0 aliphatic carbocycles. The minimum absolute atomic E-state index is 0.638. The largest absolute Gasteiger partial charge is 0.329 e. The fourth-order valence-electron chi connectivity index (χ4n) is 3.02. The van der Waals surface area contributed by atoms with E-state index in [0.717, 1.165) is 11.8 Å². The van der Waals surface area contributed by atoms with E-state index < -0.39 is 0 Å². The molecule has 1 saturated heterocycles. The van der Waals surface area contributed by atoms with Gasteiger partial charge in [-0.1, -0.05) is 18.2 Å². The van der Waals surface area contributed by atoms with Gasteiger partial charge in [-0.15, -0.1) is 11.8 Å². The van der Waals surface area contributed by atoms with Crippen LogP contribution in [-0.4, -0.2) is 35.8 Å². The molecule has 1 fully saturated rings. The summed E-state index contributed by atoms with van der Waals surface area (Å²) in [5.74, 6) is 0. The van der Waals surface area contributed by atoms with Gasteiger partial charge in [-0.3, -0.25) is 4.90 Å². The van der Waals surface area contributed by atoms with Crippen molar-refractivity contribution in [1.82, 2.24) is 4.90 Å². The van der Waals surface area contributed by atoms with Gasteiger partial charge in [0.2, 0.25) is 0 Å². The van der Waals surface area contributed by atoms with Crippen LogP contribution in [-0.2, 0) is 6.42 Å². The molecule has 2 aliphatic heterocycles. The predicted octanol–water partition coefficient (Wildman–Crippen LogP) is 2.13. The number of thioether (sulfide) groups is 1. The molecule has 0 aromatic heterocycles. The lowest BCUT2D eigenvalue weighted by Crippen LogP contribution is -2.39. The number of rotatable bonds is 3. The first-order chi connectivity index (χ1) is 8.36. The molecule has 2 unspecified atom stereocenters. The molecule has 3 heteroatoms. The predicted molar refractivity (Wildman–Crippen MR) is 73.4 cm³/mol. The molecule has 3 rings (SSSR count). The van der Waals surface area contributed by atoms with Gasteiger partial charge in [0.05, 0.1) is 0 Å². The minimum atomic E-state index is 0.638. The van der Waals surface area contributed by atoms with Gasteiger partial charge in [0, 0.05) is 29.3 Å². The quantitative estimate of drug-likeness (QED) is 0.888. The maximum Gasteiger partial charge on any atom is 0.0263 e. The first kappa shape index (κ1) is 11.6. The second-order valence-electron chi connectivity index (χ2n) is 5.08.